The highest BCUT2D eigenvalue weighted by molar-refractivity contribution is 6.43. The van der Waals surface area contributed by atoms with Crippen LogP contribution < -0.4 is 14.4 Å². The normalized spacial score (nSPS) is 14.1. The van der Waals surface area contributed by atoms with Gasteiger partial charge in [0.2, 0.25) is 0 Å². The van der Waals surface area contributed by atoms with Crippen molar-refractivity contribution in [1.29, 1.82) is 0 Å². The van der Waals surface area contributed by atoms with Gasteiger partial charge in [0.25, 0.3) is 11.8 Å². The van der Waals surface area contributed by atoms with Crippen LogP contribution in [0.4, 0.5) is 5.69 Å². The fraction of sp³-hybridized carbons (Fsp3) is 0.0968. The predicted octanol–water partition coefficient (Wildman–Crippen LogP) is 6.31. The Labute approximate surface area is 210 Å². The summed E-state index contributed by atoms with van der Waals surface area (Å²) in [7, 11) is 1.59. The first-order valence-corrected chi connectivity index (χ1v) is 11.7. The Morgan fingerprint density at radius 3 is 2.25 bits per heavy atom. The number of amides is 2. The number of nitrogens with zero attached hydrogens (tertiary/aromatic N) is 1. The van der Waals surface area contributed by atoms with E-state index in [4.69, 9.17) is 9.47 Å². The molecule has 0 unspecified atom stereocenters. The lowest BCUT2D eigenvalue weighted by Crippen LogP contribution is -2.41. The monoisotopic (exact) mass is 475 g/mol. The molecule has 0 bridgehead atoms. The Morgan fingerprint density at radius 1 is 0.750 bits per heavy atom. The largest absolute Gasteiger partial charge is 0.493 e. The molecule has 0 aliphatic carbocycles. The second-order valence-electron chi connectivity index (χ2n) is 8.57. The number of carbonyl (C=O) groups excluding carboxylic acids is 2. The fourth-order valence-corrected chi connectivity index (χ4v) is 4.29. The van der Waals surface area contributed by atoms with E-state index in [0.717, 1.165) is 16.7 Å². The molecule has 1 aliphatic rings. The zero-order valence-corrected chi connectivity index (χ0v) is 20.1. The van der Waals surface area contributed by atoms with Crippen LogP contribution >= 0.6 is 0 Å². The van der Waals surface area contributed by atoms with E-state index in [9.17, 15) is 9.59 Å². The number of hydrogen-bond donors (Lipinski definition) is 0. The number of ether oxygens (including phenoxy) is 2. The Hall–Kier alpha value is -4.64. The minimum absolute atomic E-state index is 0.333. The van der Waals surface area contributed by atoms with E-state index in [0.29, 0.717) is 40.5 Å². The first-order valence-electron chi connectivity index (χ1n) is 11.7. The standard InChI is InChI=1S/C31H25NO4/c1-21-9-8-12-24(17-21)32-30(33)26-14-7-6-13-25(26)27(31(32)34)18-23-15-16-28(35-2)29(19-23)36-20-22-10-4-3-5-11-22/h3-19H,20H2,1-2H3/b27-18+. The van der Waals surface area contributed by atoms with Crippen molar-refractivity contribution >= 4 is 29.2 Å². The maximum absolute atomic E-state index is 13.7. The van der Waals surface area contributed by atoms with E-state index < -0.39 is 0 Å². The van der Waals surface area contributed by atoms with Gasteiger partial charge in [-0.3, -0.25) is 9.59 Å². The average Bonchev–Trinajstić information content (AvgIpc) is 2.91. The summed E-state index contributed by atoms with van der Waals surface area (Å²) in [5, 5.41) is 0. The topological polar surface area (TPSA) is 55.8 Å². The summed E-state index contributed by atoms with van der Waals surface area (Å²) in [5.41, 5.74) is 4.84. The summed E-state index contributed by atoms with van der Waals surface area (Å²) in [6.07, 6.45) is 1.80. The van der Waals surface area contributed by atoms with Gasteiger partial charge in [-0.15, -0.1) is 0 Å². The maximum atomic E-state index is 13.7. The molecule has 178 valence electrons. The fourth-order valence-electron chi connectivity index (χ4n) is 4.29. The van der Waals surface area contributed by atoms with E-state index in [1.807, 2.05) is 85.8 Å². The third-order valence-electron chi connectivity index (χ3n) is 6.08. The molecule has 0 atom stereocenters. The summed E-state index contributed by atoms with van der Waals surface area (Å²) >= 11 is 0. The van der Waals surface area contributed by atoms with Gasteiger partial charge >= 0.3 is 0 Å². The third kappa shape index (κ3) is 4.51. The summed E-state index contributed by atoms with van der Waals surface area (Å²) in [6.45, 7) is 2.32. The number of aryl methyl sites for hydroxylation is 1. The Balaban J connectivity index is 1.56. The van der Waals surface area contributed by atoms with Crippen molar-refractivity contribution in [3.8, 4) is 11.5 Å². The van der Waals surface area contributed by atoms with Crippen molar-refractivity contribution in [3.05, 3.63) is 125 Å². The molecule has 2 amide bonds. The Bertz CT molecular complexity index is 1470. The number of methoxy groups -OCH3 is 1. The molecule has 0 aromatic heterocycles. The minimum atomic E-state index is -0.369. The van der Waals surface area contributed by atoms with E-state index >= 15 is 0 Å². The molecule has 4 aromatic rings. The van der Waals surface area contributed by atoms with Gasteiger partial charge in [-0.1, -0.05) is 66.7 Å². The number of hydrogen-bond acceptors (Lipinski definition) is 4. The molecule has 1 aliphatic heterocycles. The minimum Gasteiger partial charge on any atom is -0.493 e. The summed E-state index contributed by atoms with van der Waals surface area (Å²) in [4.78, 5) is 28.3. The van der Waals surface area contributed by atoms with Crippen LogP contribution in [-0.2, 0) is 11.4 Å². The maximum Gasteiger partial charge on any atom is 0.265 e. The zero-order chi connectivity index (χ0) is 25.1. The van der Waals surface area contributed by atoms with Crippen LogP contribution in [-0.4, -0.2) is 18.9 Å². The van der Waals surface area contributed by atoms with Crippen molar-refractivity contribution < 1.29 is 19.1 Å². The van der Waals surface area contributed by atoms with Gasteiger partial charge in [-0.2, -0.15) is 0 Å². The third-order valence-corrected chi connectivity index (χ3v) is 6.08. The molecule has 5 heteroatoms. The first-order chi connectivity index (χ1) is 17.5. The highest BCUT2D eigenvalue weighted by Gasteiger charge is 2.35. The van der Waals surface area contributed by atoms with Crippen LogP contribution in [0.15, 0.2) is 97.1 Å². The lowest BCUT2D eigenvalue weighted by molar-refractivity contribution is -0.112. The van der Waals surface area contributed by atoms with Gasteiger partial charge < -0.3 is 9.47 Å². The Morgan fingerprint density at radius 2 is 1.50 bits per heavy atom. The molecular formula is C31H25NO4. The number of carbonyl (C=O) groups is 2. The molecule has 36 heavy (non-hydrogen) atoms. The van der Waals surface area contributed by atoms with Crippen LogP contribution in [0.5, 0.6) is 11.5 Å². The molecule has 0 saturated heterocycles. The van der Waals surface area contributed by atoms with Gasteiger partial charge in [-0.25, -0.2) is 4.90 Å². The molecule has 5 nitrogen and oxygen atoms in total. The van der Waals surface area contributed by atoms with Gasteiger partial charge in [0.05, 0.1) is 12.8 Å². The molecule has 0 fully saturated rings. The highest BCUT2D eigenvalue weighted by atomic mass is 16.5. The van der Waals surface area contributed by atoms with Crippen LogP contribution in [0.1, 0.15) is 32.6 Å². The SMILES string of the molecule is COc1ccc(/C=C2/C(=O)N(c3cccc(C)c3)C(=O)c3ccccc32)cc1OCc1ccccc1. The predicted molar refractivity (Wildman–Crippen MR) is 141 cm³/mol. The van der Waals surface area contributed by atoms with Crippen LogP contribution in [0.25, 0.3) is 11.6 Å². The smallest absolute Gasteiger partial charge is 0.265 e. The summed E-state index contributed by atoms with van der Waals surface area (Å²) in [5.74, 6) is 0.464. The molecule has 0 N–H and O–H groups in total. The van der Waals surface area contributed by atoms with E-state index in [1.54, 1.807) is 31.4 Å². The number of fused-ring (bicyclic) bond motifs is 1. The summed E-state index contributed by atoms with van der Waals surface area (Å²) in [6, 6.07) is 30.0. The average molecular weight is 476 g/mol. The first kappa shape index (κ1) is 23.1. The van der Waals surface area contributed by atoms with E-state index in [-0.39, 0.29) is 11.8 Å². The van der Waals surface area contributed by atoms with Crippen LogP contribution in [0.3, 0.4) is 0 Å². The lowest BCUT2D eigenvalue weighted by Gasteiger charge is -2.29. The number of imide groups is 1. The molecule has 4 aromatic carbocycles. The van der Waals surface area contributed by atoms with Crippen molar-refractivity contribution in [3.63, 3.8) is 0 Å². The van der Waals surface area contributed by atoms with Crippen molar-refractivity contribution in [1.82, 2.24) is 0 Å². The number of anilines is 1. The van der Waals surface area contributed by atoms with Crippen molar-refractivity contribution in [2.45, 2.75) is 13.5 Å². The van der Waals surface area contributed by atoms with Gasteiger partial charge in [0.15, 0.2) is 11.5 Å². The molecule has 0 radical (unpaired) electrons. The van der Waals surface area contributed by atoms with Crippen LogP contribution in [0.2, 0.25) is 0 Å². The lowest BCUT2D eigenvalue weighted by atomic mass is 9.91. The second-order valence-corrected chi connectivity index (χ2v) is 8.57. The molecule has 0 spiro atoms. The van der Waals surface area contributed by atoms with E-state index in [1.165, 1.54) is 4.90 Å². The van der Waals surface area contributed by atoms with Crippen LogP contribution in [0, 0.1) is 6.92 Å². The van der Waals surface area contributed by atoms with Gasteiger partial charge in [0, 0.05) is 11.1 Å². The molecule has 1 heterocycles. The zero-order valence-electron chi connectivity index (χ0n) is 20.1. The second kappa shape index (κ2) is 9.92. The number of benzene rings is 4. The number of rotatable bonds is 6. The molecular weight excluding hydrogens is 450 g/mol. The van der Waals surface area contributed by atoms with Gasteiger partial charge in [0.1, 0.15) is 6.61 Å². The molecule has 5 rings (SSSR count). The van der Waals surface area contributed by atoms with Gasteiger partial charge in [-0.05, 0) is 65.6 Å². The Kier molecular flexibility index (Phi) is 6.37. The van der Waals surface area contributed by atoms with Crippen molar-refractivity contribution in [2.24, 2.45) is 0 Å². The molecule has 0 saturated carbocycles. The summed E-state index contributed by atoms with van der Waals surface area (Å²) < 4.78 is 11.5. The highest BCUT2D eigenvalue weighted by Crippen LogP contribution is 2.35. The van der Waals surface area contributed by atoms with E-state index in [2.05, 4.69) is 0 Å². The van der Waals surface area contributed by atoms with Crippen molar-refractivity contribution in [2.75, 3.05) is 12.0 Å². The quantitative estimate of drug-likeness (QED) is 0.242.